The van der Waals surface area contributed by atoms with Crippen LogP contribution in [0, 0.1) is 0 Å². The molecule has 0 atom stereocenters. The Morgan fingerprint density at radius 3 is 2.08 bits per heavy atom. The van der Waals surface area contributed by atoms with Gasteiger partial charge in [-0.3, -0.25) is 0 Å². The van der Waals surface area contributed by atoms with Gasteiger partial charge in [-0.2, -0.15) is 13.2 Å². The number of ether oxygens (including phenoxy) is 1. The highest BCUT2D eigenvalue weighted by atomic mass is 32.2. The quantitative estimate of drug-likeness (QED) is 0.443. The summed E-state index contributed by atoms with van der Waals surface area (Å²) in [5.74, 6) is 3.74. The second-order valence-electron chi connectivity index (χ2n) is 5.32. The second kappa shape index (κ2) is 7.84. The van der Waals surface area contributed by atoms with Crippen LogP contribution in [0.2, 0.25) is 0 Å². The van der Waals surface area contributed by atoms with E-state index in [1.165, 1.54) is 35.1 Å². The van der Waals surface area contributed by atoms with Crippen molar-refractivity contribution in [1.29, 1.82) is 0 Å². The third-order valence-electron chi connectivity index (χ3n) is 3.69. The molecule has 1 fully saturated rings. The van der Waals surface area contributed by atoms with Crippen LogP contribution in [0.15, 0.2) is 41.3 Å². The van der Waals surface area contributed by atoms with E-state index in [0.717, 1.165) is 5.75 Å². The lowest BCUT2D eigenvalue weighted by molar-refractivity contribution is -0.0517. The molecule has 1 heterocycles. The number of hydrogen-bond acceptors (Lipinski definition) is 4. The predicted octanol–water partition coefficient (Wildman–Crippen LogP) is 3.67. The average molecular weight is 394 g/mol. The van der Waals surface area contributed by atoms with E-state index in [-0.39, 0.29) is 0 Å². The first-order valence-corrected chi connectivity index (χ1v) is 10.4. The van der Waals surface area contributed by atoms with Crippen molar-refractivity contribution in [2.75, 3.05) is 18.6 Å². The van der Waals surface area contributed by atoms with Crippen molar-refractivity contribution in [1.82, 2.24) is 0 Å². The molecule has 0 bridgehead atoms. The highest BCUT2D eigenvalue weighted by Crippen LogP contribution is 2.33. The zero-order chi connectivity index (χ0) is 18.7. The molecule has 1 aliphatic heterocycles. The molecule has 0 saturated carbocycles. The second-order valence-corrected chi connectivity index (χ2v) is 8.93. The maximum absolute atomic E-state index is 10.7. The first-order valence-electron chi connectivity index (χ1n) is 7.40. The van der Waals surface area contributed by atoms with Crippen LogP contribution in [0.1, 0.15) is 12.8 Å². The Bertz CT molecular complexity index is 829. The van der Waals surface area contributed by atoms with Gasteiger partial charge in [0.25, 0.3) is 0 Å². The Balaban J connectivity index is 0.000000242. The Morgan fingerprint density at radius 2 is 1.56 bits per heavy atom. The molecule has 0 radical (unpaired) electrons. The lowest BCUT2D eigenvalue weighted by atomic mass is 10.1. The van der Waals surface area contributed by atoms with Crippen LogP contribution in [0.5, 0.6) is 5.75 Å². The molecule has 3 rings (SSSR count). The molecular weight excluding hydrogens is 377 g/mol. The third kappa shape index (κ3) is 4.80. The van der Waals surface area contributed by atoms with E-state index in [9.17, 15) is 13.2 Å². The van der Waals surface area contributed by atoms with Gasteiger partial charge in [0.15, 0.2) is 15.0 Å². The smallest absolute Gasteiger partial charge is 0.485 e. The van der Waals surface area contributed by atoms with E-state index < -0.39 is 15.6 Å². The van der Waals surface area contributed by atoms with Gasteiger partial charge in [-0.15, -0.1) is 0 Å². The summed E-state index contributed by atoms with van der Waals surface area (Å²) in [6.45, 7) is 0. The van der Waals surface area contributed by atoms with Gasteiger partial charge < -0.3 is 9.29 Å². The molecule has 4 nitrogen and oxygen atoms in total. The molecule has 138 valence electrons. The molecule has 2 aromatic rings. The van der Waals surface area contributed by atoms with E-state index >= 15 is 0 Å². The summed E-state index contributed by atoms with van der Waals surface area (Å²) >= 11 is 0. The number of benzene rings is 2. The van der Waals surface area contributed by atoms with Crippen LogP contribution >= 0.6 is 0 Å². The van der Waals surface area contributed by atoms with Gasteiger partial charge in [0.2, 0.25) is 0 Å². The van der Waals surface area contributed by atoms with E-state index in [4.69, 9.17) is 17.7 Å². The molecule has 0 spiro atoms. The molecule has 0 amide bonds. The third-order valence-corrected chi connectivity index (χ3v) is 6.80. The summed E-state index contributed by atoms with van der Waals surface area (Å²) in [5.41, 5.74) is -5.65. The van der Waals surface area contributed by atoms with Crippen molar-refractivity contribution >= 4 is 31.8 Å². The average Bonchev–Trinajstić information content (AvgIpc) is 3.06. The van der Waals surface area contributed by atoms with Gasteiger partial charge in [-0.05, 0) is 31.0 Å². The zero-order valence-corrected chi connectivity index (χ0v) is 15.0. The molecule has 0 aromatic heterocycles. The Labute approximate surface area is 147 Å². The summed E-state index contributed by atoms with van der Waals surface area (Å²) in [6.07, 6.45) is 2.78. The van der Waals surface area contributed by atoms with E-state index in [1.54, 1.807) is 12.0 Å². The summed E-state index contributed by atoms with van der Waals surface area (Å²) in [7, 11) is -3.87. The number of rotatable bonds is 2. The minimum absolute atomic E-state index is 0.469. The van der Waals surface area contributed by atoms with E-state index in [1.807, 2.05) is 6.07 Å². The van der Waals surface area contributed by atoms with Crippen molar-refractivity contribution in [2.45, 2.75) is 23.2 Å². The minimum Gasteiger partial charge on any atom is -0.741 e. The highest BCUT2D eigenvalue weighted by Gasteiger charge is 2.37. The van der Waals surface area contributed by atoms with Crippen molar-refractivity contribution in [3.8, 4) is 5.75 Å². The van der Waals surface area contributed by atoms with Crippen molar-refractivity contribution < 1.29 is 30.9 Å². The number of methoxy groups -OCH3 is 1. The van der Waals surface area contributed by atoms with Gasteiger partial charge >= 0.3 is 5.51 Å². The lowest BCUT2D eigenvalue weighted by Gasteiger charge is -2.08. The van der Waals surface area contributed by atoms with Crippen LogP contribution in [-0.2, 0) is 21.0 Å². The maximum Gasteiger partial charge on any atom is 0.485 e. The van der Waals surface area contributed by atoms with E-state index in [0.29, 0.717) is 10.9 Å². The zero-order valence-electron chi connectivity index (χ0n) is 13.4. The minimum atomic E-state index is -6.09. The van der Waals surface area contributed by atoms with Crippen LogP contribution in [0.4, 0.5) is 13.2 Å². The Kier molecular flexibility index (Phi) is 6.23. The maximum atomic E-state index is 10.7. The number of alkyl halides is 3. The monoisotopic (exact) mass is 394 g/mol. The fourth-order valence-corrected chi connectivity index (χ4v) is 5.07. The summed E-state index contributed by atoms with van der Waals surface area (Å²) in [6, 6.07) is 13.0. The summed E-state index contributed by atoms with van der Waals surface area (Å²) in [4.78, 5) is 1.54. The molecule has 1 aliphatic rings. The Morgan fingerprint density at radius 1 is 1.04 bits per heavy atom. The first kappa shape index (κ1) is 19.9. The SMILES string of the molecule is COc1cccc2c([S+]3CCCC3)cccc12.O=S(=O)([O-])C(F)(F)F. The molecule has 2 aromatic carbocycles. The van der Waals surface area contributed by atoms with Crippen LogP contribution in [0.3, 0.4) is 0 Å². The Hall–Kier alpha value is -1.45. The van der Waals surface area contributed by atoms with Crippen LogP contribution in [-0.4, -0.2) is 37.1 Å². The predicted molar refractivity (Wildman–Crippen MR) is 90.9 cm³/mol. The fourth-order valence-electron chi connectivity index (χ4n) is 2.56. The van der Waals surface area contributed by atoms with Crippen LogP contribution in [0.25, 0.3) is 10.8 Å². The topological polar surface area (TPSA) is 66.4 Å². The molecule has 0 aliphatic carbocycles. The molecule has 0 unspecified atom stereocenters. The first-order chi connectivity index (χ1) is 11.6. The van der Waals surface area contributed by atoms with Gasteiger partial charge in [0.1, 0.15) is 17.3 Å². The summed E-state index contributed by atoms with van der Waals surface area (Å²) in [5, 5.41) is 2.64. The fraction of sp³-hybridized carbons (Fsp3) is 0.375. The van der Waals surface area contributed by atoms with Gasteiger partial charge in [0.05, 0.1) is 7.11 Å². The van der Waals surface area contributed by atoms with Gasteiger partial charge in [-0.1, -0.05) is 18.2 Å². The van der Waals surface area contributed by atoms with Crippen molar-refractivity contribution in [3.05, 3.63) is 36.4 Å². The van der Waals surface area contributed by atoms with Crippen molar-refractivity contribution in [3.63, 3.8) is 0 Å². The molecule has 1 saturated heterocycles. The van der Waals surface area contributed by atoms with Crippen molar-refractivity contribution in [2.24, 2.45) is 0 Å². The van der Waals surface area contributed by atoms with Crippen LogP contribution < -0.4 is 4.74 Å². The van der Waals surface area contributed by atoms with E-state index in [2.05, 4.69) is 30.3 Å². The molecule has 0 N–H and O–H groups in total. The largest absolute Gasteiger partial charge is 0.741 e. The number of hydrogen-bond donors (Lipinski definition) is 0. The summed E-state index contributed by atoms with van der Waals surface area (Å²) < 4.78 is 64.4. The molecule has 9 heteroatoms. The molecule has 25 heavy (non-hydrogen) atoms. The lowest BCUT2D eigenvalue weighted by Crippen LogP contribution is -2.21. The normalized spacial score (nSPS) is 15.7. The standard InChI is InChI=1S/C15H17OS.CHF3O3S/c1-16-14-8-4-7-13-12(14)6-5-9-15(13)17-10-2-3-11-17;2-1(3,4)8(5,6)7/h4-9H,2-3,10-11H2,1H3;(H,5,6,7)/q+1;/p-1. The van der Waals surface area contributed by atoms with Gasteiger partial charge in [-0.25, -0.2) is 8.42 Å². The highest BCUT2D eigenvalue weighted by molar-refractivity contribution is 7.97. The molecular formula is C16H17F3O4S2. The number of halogens is 3. The number of fused-ring (bicyclic) bond motifs is 1. The van der Waals surface area contributed by atoms with Gasteiger partial charge in [0, 0.05) is 21.7 Å².